The second kappa shape index (κ2) is 9.69. The van der Waals surface area contributed by atoms with Crippen molar-refractivity contribution in [2.24, 2.45) is 0 Å². The number of rotatable bonds is 9. The largest absolute Gasteiger partial charge is 0.325 e. The normalized spacial score (nSPS) is 13.2. The highest BCUT2D eigenvalue weighted by Crippen LogP contribution is 2.24. The summed E-state index contributed by atoms with van der Waals surface area (Å²) in [6, 6.07) is 11.2. The number of sulfonamides is 2. The molecule has 0 heterocycles. The molecule has 0 aliphatic carbocycles. The van der Waals surface area contributed by atoms with Gasteiger partial charge in [0.05, 0.1) is 15.8 Å². The number of nitrogens with one attached hydrogen (secondary N) is 2. The molecule has 0 unspecified atom stereocenters. The minimum atomic E-state index is -3.87. The second-order valence-corrected chi connectivity index (χ2v) is 10.3. The van der Waals surface area contributed by atoms with Gasteiger partial charge in [-0.2, -0.15) is 9.03 Å². The SMILES string of the molecule is CCN(CC)S(=O)(=O)c1cc(NC(=O)[C@H](C)NS(=O)(=O)c2ccccc2)ccc1C. The summed E-state index contributed by atoms with van der Waals surface area (Å²) in [6.45, 7) is 7.25. The Labute approximate surface area is 178 Å². The average Bonchev–Trinajstić information content (AvgIpc) is 2.70. The number of amides is 1. The molecule has 2 aromatic carbocycles. The summed E-state index contributed by atoms with van der Waals surface area (Å²) in [4.78, 5) is 12.7. The van der Waals surface area contributed by atoms with Crippen molar-refractivity contribution < 1.29 is 21.6 Å². The first kappa shape index (κ1) is 24.0. The Balaban J connectivity index is 2.21. The van der Waals surface area contributed by atoms with Crippen LogP contribution in [0.4, 0.5) is 5.69 Å². The van der Waals surface area contributed by atoms with Crippen molar-refractivity contribution in [3.8, 4) is 0 Å². The van der Waals surface area contributed by atoms with Gasteiger partial charge in [0, 0.05) is 18.8 Å². The third-order valence-corrected chi connectivity index (χ3v) is 8.31. The predicted molar refractivity (Wildman–Crippen MR) is 116 cm³/mol. The van der Waals surface area contributed by atoms with Crippen LogP contribution in [0.15, 0.2) is 58.3 Å². The molecule has 0 saturated heterocycles. The molecule has 164 valence electrons. The van der Waals surface area contributed by atoms with Gasteiger partial charge in [-0.05, 0) is 43.7 Å². The molecule has 0 radical (unpaired) electrons. The number of carbonyl (C=O) groups excluding carboxylic acids is 1. The Morgan fingerprint density at radius 2 is 1.60 bits per heavy atom. The molecule has 0 fully saturated rings. The number of hydrogen-bond donors (Lipinski definition) is 2. The standard InChI is InChI=1S/C20H27N3O5S2/c1-5-23(6-2)30(27,28)19-14-17(13-12-15(19)3)21-20(24)16(4)22-29(25,26)18-10-8-7-9-11-18/h7-14,16,22H,5-6H2,1-4H3,(H,21,24)/t16-/m0/s1. The van der Waals surface area contributed by atoms with Gasteiger partial charge in [0.15, 0.2) is 0 Å². The van der Waals surface area contributed by atoms with E-state index in [0.29, 0.717) is 18.7 Å². The van der Waals surface area contributed by atoms with Crippen molar-refractivity contribution in [3.63, 3.8) is 0 Å². The van der Waals surface area contributed by atoms with E-state index in [4.69, 9.17) is 0 Å². The molecule has 10 heteroatoms. The Hall–Kier alpha value is -2.27. The van der Waals surface area contributed by atoms with E-state index in [9.17, 15) is 21.6 Å². The first-order valence-electron chi connectivity index (χ1n) is 9.52. The van der Waals surface area contributed by atoms with E-state index < -0.39 is 32.0 Å². The number of benzene rings is 2. The van der Waals surface area contributed by atoms with Crippen molar-refractivity contribution in [2.75, 3.05) is 18.4 Å². The molecular formula is C20H27N3O5S2. The zero-order valence-electron chi connectivity index (χ0n) is 17.4. The van der Waals surface area contributed by atoms with Crippen LogP contribution in [0.2, 0.25) is 0 Å². The van der Waals surface area contributed by atoms with Crippen LogP contribution in [0.1, 0.15) is 26.3 Å². The molecule has 0 aliphatic heterocycles. The molecule has 8 nitrogen and oxygen atoms in total. The van der Waals surface area contributed by atoms with Gasteiger partial charge in [-0.3, -0.25) is 4.79 Å². The molecule has 1 atom stereocenters. The third-order valence-electron chi connectivity index (χ3n) is 4.56. The van der Waals surface area contributed by atoms with Crippen LogP contribution in [0.25, 0.3) is 0 Å². The van der Waals surface area contributed by atoms with E-state index in [1.54, 1.807) is 51.1 Å². The van der Waals surface area contributed by atoms with E-state index in [2.05, 4.69) is 10.0 Å². The maximum absolute atomic E-state index is 12.9. The molecule has 2 rings (SSSR count). The van der Waals surface area contributed by atoms with Crippen molar-refractivity contribution >= 4 is 31.6 Å². The summed E-state index contributed by atoms with van der Waals surface area (Å²) < 4.78 is 54.1. The number of nitrogens with zero attached hydrogens (tertiary/aromatic N) is 1. The lowest BCUT2D eigenvalue weighted by Crippen LogP contribution is -2.41. The summed E-state index contributed by atoms with van der Waals surface area (Å²) in [5, 5.41) is 2.58. The monoisotopic (exact) mass is 453 g/mol. The molecule has 2 aromatic rings. The lowest BCUT2D eigenvalue weighted by Gasteiger charge is -2.20. The molecule has 0 spiro atoms. The van der Waals surface area contributed by atoms with Gasteiger partial charge in [0.25, 0.3) is 0 Å². The fraction of sp³-hybridized carbons (Fsp3) is 0.350. The van der Waals surface area contributed by atoms with Crippen LogP contribution >= 0.6 is 0 Å². The van der Waals surface area contributed by atoms with Crippen LogP contribution in [0, 0.1) is 6.92 Å². The van der Waals surface area contributed by atoms with Crippen molar-refractivity contribution in [1.29, 1.82) is 0 Å². The van der Waals surface area contributed by atoms with E-state index in [0.717, 1.165) is 0 Å². The van der Waals surface area contributed by atoms with Gasteiger partial charge in [-0.25, -0.2) is 16.8 Å². The van der Waals surface area contributed by atoms with Gasteiger partial charge < -0.3 is 5.32 Å². The fourth-order valence-corrected chi connectivity index (χ4v) is 5.80. The minimum absolute atomic E-state index is 0.0487. The zero-order valence-corrected chi connectivity index (χ0v) is 19.0. The van der Waals surface area contributed by atoms with E-state index >= 15 is 0 Å². The predicted octanol–water partition coefficient (Wildman–Crippen LogP) is 2.33. The van der Waals surface area contributed by atoms with Gasteiger partial charge >= 0.3 is 0 Å². The average molecular weight is 454 g/mol. The molecule has 0 saturated carbocycles. The number of carbonyl (C=O) groups is 1. The summed E-state index contributed by atoms with van der Waals surface area (Å²) in [5.41, 5.74) is 0.819. The lowest BCUT2D eigenvalue weighted by atomic mass is 10.2. The van der Waals surface area contributed by atoms with Gasteiger partial charge in [-0.1, -0.05) is 38.1 Å². The summed E-state index contributed by atoms with van der Waals surface area (Å²) in [6.07, 6.45) is 0. The van der Waals surface area contributed by atoms with E-state index in [-0.39, 0.29) is 15.5 Å². The highest BCUT2D eigenvalue weighted by Gasteiger charge is 2.25. The number of aryl methyl sites for hydroxylation is 1. The quantitative estimate of drug-likeness (QED) is 0.605. The molecule has 0 aromatic heterocycles. The van der Waals surface area contributed by atoms with Crippen LogP contribution in [-0.4, -0.2) is 46.2 Å². The molecular weight excluding hydrogens is 426 g/mol. The Bertz CT molecular complexity index is 1100. The number of hydrogen-bond acceptors (Lipinski definition) is 5. The Morgan fingerprint density at radius 3 is 2.17 bits per heavy atom. The molecule has 0 aliphatic rings. The van der Waals surface area contributed by atoms with Crippen LogP contribution in [0.5, 0.6) is 0 Å². The second-order valence-electron chi connectivity index (χ2n) is 6.71. The highest BCUT2D eigenvalue weighted by atomic mass is 32.2. The fourth-order valence-electron chi connectivity index (χ4n) is 2.86. The molecule has 1 amide bonds. The molecule has 0 bridgehead atoms. The first-order valence-corrected chi connectivity index (χ1v) is 12.4. The van der Waals surface area contributed by atoms with E-state index in [1.807, 2.05) is 0 Å². The zero-order chi connectivity index (χ0) is 22.5. The van der Waals surface area contributed by atoms with Crippen molar-refractivity contribution in [3.05, 3.63) is 54.1 Å². The van der Waals surface area contributed by atoms with Crippen LogP contribution in [-0.2, 0) is 24.8 Å². The van der Waals surface area contributed by atoms with Crippen molar-refractivity contribution in [1.82, 2.24) is 9.03 Å². The number of anilines is 1. The van der Waals surface area contributed by atoms with Gasteiger partial charge in [0.1, 0.15) is 0 Å². The third kappa shape index (κ3) is 5.45. The topological polar surface area (TPSA) is 113 Å². The maximum atomic E-state index is 12.9. The molecule has 2 N–H and O–H groups in total. The first-order chi connectivity index (χ1) is 14.0. The lowest BCUT2D eigenvalue weighted by molar-refractivity contribution is -0.117. The minimum Gasteiger partial charge on any atom is -0.325 e. The summed E-state index contributed by atoms with van der Waals surface area (Å²) >= 11 is 0. The summed E-state index contributed by atoms with van der Waals surface area (Å²) in [5.74, 6) is -0.607. The Kier molecular flexibility index (Phi) is 7.75. The van der Waals surface area contributed by atoms with Crippen LogP contribution in [0.3, 0.4) is 0 Å². The molecule has 30 heavy (non-hydrogen) atoms. The van der Waals surface area contributed by atoms with E-state index in [1.165, 1.54) is 29.4 Å². The smallest absolute Gasteiger partial charge is 0.243 e. The van der Waals surface area contributed by atoms with Gasteiger partial charge in [-0.15, -0.1) is 0 Å². The van der Waals surface area contributed by atoms with Crippen LogP contribution < -0.4 is 10.0 Å². The van der Waals surface area contributed by atoms with Gasteiger partial charge in [0.2, 0.25) is 26.0 Å². The maximum Gasteiger partial charge on any atom is 0.243 e. The Morgan fingerprint density at radius 1 is 1.00 bits per heavy atom. The summed E-state index contributed by atoms with van der Waals surface area (Å²) in [7, 11) is -7.57. The highest BCUT2D eigenvalue weighted by molar-refractivity contribution is 7.89. The van der Waals surface area contributed by atoms with Crippen molar-refractivity contribution in [2.45, 2.75) is 43.5 Å².